The van der Waals surface area contributed by atoms with E-state index >= 15 is 0 Å². The number of hydrogen-bond acceptors (Lipinski definition) is 3. The topological polar surface area (TPSA) is 35.8 Å². The van der Waals surface area contributed by atoms with Crippen LogP contribution in [-0.2, 0) is 0 Å². The van der Waals surface area contributed by atoms with E-state index < -0.39 is 11.6 Å². The average Bonchev–Trinajstić information content (AvgIpc) is 2.72. The van der Waals surface area contributed by atoms with Gasteiger partial charge in [-0.3, -0.25) is 0 Å². The molecule has 0 bridgehead atoms. The third-order valence-electron chi connectivity index (χ3n) is 3.08. The first-order chi connectivity index (χ1) is 9.42. The summed E-state index contributed by atoms with van der Waals surface area (Å²) in [5.41, 5.74) is 0.802. The molecule has 2 rings (SSSR count). The van der Waals surface area contributed by atoms with Gasteiger partial charge in [-0.2, -0.15) is 5.26 Å². The van der Waals surface area contributed by atoms with Gasteiger partial charge in [0.1, 0.15) is 5.69 Å². The zero-order valence-corrected chi connectivity index (χ0v) is 12.2. The molecule has 1 aromatic heterocycles. The summed E-state index contributed by atoms with van der Waals surface area (Å²) in [5.74, 6) is -1.50. The van der Waals surface area contributed by atoms with Crippen LogP contribution >= 0.6 is 11.3 Å². The van der Waals surface area contributed by atoms with Gasteiger partial charge in [0.25, 0.3) is 0 Å². The van der Waals surface area contributed by atoms with Crippen LogP contribution in [0.5, 0.6) is 0 Å². The number of anilines is 1. The number of hydrogen-bond donors (Lipinski definition) is 1. The van der Waals surface area contributed by atoms with Crippen LogP contribution in [0.25, 0.3) is 0 Å². The molecule has 0 aliphatic heterocycles. The maximum Gasteiger partial charge on any atom is 0.150 e. The van der Waals surface area contributed by atoms with Crippen LogP contribution in [0, 0.1) is 36.8 Å². The van der Waals surface area contributed by atoms with E-state index in [-0.39, 0.29) is 17.3 Å². The molecule has 104 valence electrons. The minimum atomic E-state index is -0.752. The first-order valence-corrected chi connectivity index (χ1v) is 6.96. The smallest absolute Gasteiger partial charge is 0.150 e. The fourth-order valence-electron chi connectivity index (χ4n) is 2.15. The molecule has 2 nitrogen and oxygen atoms in total. The Bertz CT molecular complexity index is 663. The van der Waals surface area contributed by atoms with E-state index in [1.165, 1.54) is 0 Å². The van der Waals surface area contributed by atoms with Crippen LogP contribution in [0.4, 0.5) is 14.5 Å². The Kier molecular flexibility index (Phi) is 4.05. The second-order valence-electron chi connectivity index (χ2n) is 4.66. The number of nitrogens with zero attached hydrogens (tertiary/aromatic N) is 1. The molecule has 1 unspecified atom stereocenters. The van der Waals surface area contributed by atoms with Crippen LogP contribution in [0.15, 0.2) is 18.2 Å². The summed E-state index contributed by atoms with van der Waals surface area (Å²) in [6, 6.07) is 5.59. The van der Waals surface area contributed by atoms with Gasteiger partial charge < -0.3 is 5.32 Å². The molecule has 20 heavy (non-hydrogen) atoms. The van der Waals surface area contributed by atoms with Gasteiger partial charge in [-0.25, -0.2) is 8.78 Å². The lowest BCUT2D eigenvalue weighted by Gasteiger charge is -2.16. The fourth-order valence-corrected chi connectivity index (χ4v) is 3.17. The van der Waals surface area contributed by atoms with Crippen molar-refractivity contribution < 1.29 is 8.78 Å². The summed E-state index contributed by atoms with van der Waals surface area (Å²) in [6.07, 6.45) is 0. The van der Waals surface area contributed by atoms with Crippen molar-refractivity contribution in [2.24, 2.45) is 0 Å². The highest BCUT2D eigenvalue weighted by Gasteiger charge is 2.16. The van der Waals surface area contributed by atoms with Gasteiger partial charge >= 0.3 is 0 Å². The molecular weight excluding hydrogens is 278 g/mol. The van der Waals surface area contributed by atoms with Gasteiger partial charge in [0.15, 0.2) is 11.6 Å². The van der Waals surface area contributed by atoms with Crippen LogP contribution in [-0.4, -0.2) is 0 Å². The summed E-state index contributed by atoms with van der Waals surface area (Å²) in [6.45, 7) is 5.83. The zero-order chi connectivity index (χ0) is 14.9. The van der Waals surface area contributed by atoms with E-state index in [2.05, 4.69) is 5.32 Å². The molecule has 1 N–H and O–H groups in total. The highest BCUT2D eigenvalue weighted by atomic mass is 32.1. The monoisotopic (exact) mass is 292 g/mol. The number of nitriles is 1. The third-order valence-corrected chi connectivity index (χ3v) is 4.06. The van der Waals surface area contributed by atoms with E-state index in [9.17, 15) is 8.78 Å². The van der Waals surface area contributed by atoms with Crippen molar-refractivity contribution in [3.8, 4) is 6.07 Å². The zero-order valence-electron chi connectivity index (χ0n) is 11.4. The molecule has 0 aliphatic rings. The number of rotatable bonds is 3. The van der Waals surface area contributed by atoms with E-state index in [0.717, 1.165) is 27.5 Å². The number of halogens is 2. The molecule has 2 aromatic rings. The molecule has 0 saturated heterocycles. The molecule has 0 aliphatic carbocycles. The van der Waals surface area contributed by atoms with E-state index in [4.69, 9.17) is 5.26 Å². The number of nitrogens with one attached hydrogen (secondary N) is 1. The standard InChI is InChI=1S/C15H14F2N2S/c1-8-4-12(10(3)20-8)9(2)19-15-13(16)5-11(7-18)6-14(15)17/h4-6,9,19H,1-3H3. The van der Waals surface area contributed by atoms with Crippen LogP contribution in [0.3, 0.4) is 0 Å². The van der Waals surface area contributed by atoms with Crippen molar-refractivity contribution in [3.63, 3.8) is 0 Å². The molecule has 0 radical (unpaired) electrons. The second kappa shape index (κ2) is 5.59. The maximum atomic E-state index is 13.8. The number of thiophene rings is 1. The first kappa shape index (κ1) is 14.5. The van der Waals surface area contributed by atoms with Gasteiger partial charge in [0.05, 0.1) is 11.6 Å². The van der Waals surface area contributed by atoms with E-state index in [1.54, 1.807) is 17.4 Å². The second-order valence-corrected chi connectivity index (χ2v) is 6.12. The van der Waals surface area contributed by atoms with Gasteiger partial charge in [-0.1, -0.05) is 0 Å². The Balaban J connectivity index is 2.31. The lowest BCUT2D eigenvalue weighted by atomic mass is 10.1. The highest BCUT2D eigenvalue weighted by Crippen LogP contribution is 2.30. The SMILES string of the molecule is Cc1cc(C(C)Nc2c(F)cc(C#N)cc2F)c(C)s1. The Morgan fingerprint density at radius 1 is 1.20 bits per heavy atom. The Hall–Kier alpha value is -1.93. The summed E-state index contributed by atoms with van der Waals surface area (Å²) in [7, 11) is 0. The highest BCUT2D eigenvalue weighted by molar-refractivity contribution is 7.12. The molecule has 0 saturated carbocycles. The molecule has 0 spiro atoms. The van der Waals surface area contributed by atoms with Crippen LogP contribution < -0.4 is 5.32 Å². The van der Waals surface area contributed by atoms with Gasteiger partial charge in [-0.05, 0) is 44.5 Å². The Morgan fingerprint density at radius 3 is 2.25 bits per heavy atom. The van der Waals surface area contributed by atoms with Crippen molar-refractivity contribution >= 4 is 17.0 Å². The molecule has 1 atom stereocenters. The van der Waals surface area contributed by atoms with E-state index in [1.807, 2.05) is 26.8 Å². The number of benzene rings is 1. The van der Waals surface area contributed by atoms with Crippen molar-refractivity contribution in [1.29, 1.82) is 5.26 Å². The summed E-state index contributed by atoms with van der Waals surface area (Å²) >= 11 is 1.65. The number of aryl methyl sites for hydroxylation is 2. The molecule has 5 heteroatoms. The average molecular weight is 292 g/mol. The lowest BCUT2D eigenvalue weighted by Crippen LogP contribution is -2.10. The normalized spacial score (nSPS) is 12.0. The van der Waals surface area contributed by atoms with Crippen LogP contribution in [0.1, 0.15) is 33.8 Å². The first-order valence-electron chi connectivity index (χ1n) is 6.15. The fraction of sp³-hybridized carbons (Fsp3) is 0.267. The van der Waals surface area contributed by atoms with Crippen molar-refractivity contribution in [2.45, 2.75) is 26.8 Å². The van der Waals surface area contributed by atoms with Crippen molar-refractivity contribution in [3.05, 3.63) is 50.7 Å². The van der Waals surface area contributed by atoms with Gasteiger partial charge in [-0.15, -0.1) is 11.3 Å². The minimum absolute atomic E-state index is 0.0271. The molecular formula is C15H14F2N2S. The Morgan fingerprint density at radius 2 is 1.80 bits per heavy atom. The van der Waals surface area contributed by atoms with Crippen LogP contribution in [0.2, 0.25) is 0 Å². The molecule has 1 aromatic carbocycles. The van der Waals surface area contributed by atoms with Gasteiger partial charge in [0.2, 0.25) is 0 Å². The predicted octanol–water partition coefficient (Wildman–Crippen LogP) is 4.69. The third kappa shape index (κ3) is 2.81. The van der Waals surface area contributed by atoms with Gasteiger partial charge in [0, 0.05) is 15.8 Å². The lowest BCUT2D eigenvalue weighted by molar-refractivity contribution is 0.583. The quantitative estimate of drug-likeness (QED) is 0.891. The van der Waals surface area contributed by atoms with Crippen molar-refractivity contribution in [2.75, 3.05) is 5.32 Å². The van der Waals surface area contributed by atoms with Crippen molar-refractivity contribution in [1.82, 2.24) is 0 Å². The molecule has 1 heterocycles. The molecule has 0 amide bonds. The van der Waals surface area contributed by atoms with E-state index in [0.29, 0.717) is 0 Å². The Labute approximate surface area is 120 Å². The predicted molar refractivity (Wildman–Crippen MR) is 76.9 cm³/mol. The minimum Gasteiger partial charge on any atom is -0.374 e. The molecule has 0 fully saturated rings. The summed E-state index contributed by atoms with van der Waals surface area (Å²) in [4.78, 5) is 2.28. The summed E-state index contributed by atoms with van der Waals surface area (Å²) < 4.78 is 27.7. The summed E-state index contributed by atoms with van der Waals surface area (Å²) in [5, 5.41) is 11.5. The maximum absolute atomic E-state index is 13.8. The largest absolute Gasteiger partial charge is 0.374 e.